The van der Waals surface area contributed by atoms with E-state index >= 15 is 0 Å². The molecule has 0 aromatic heterocycles. The summed E-state index contributed by atoms with van der Waals surface area (Å²) in [5.41, 5.74) is -0.393. The van der Waals surface area contributed by atoms with Crippen molar-refractivity contribution < 1.29 is 14.3 Å². The molecule has 0 amide bonds. The molecule has 2 atom stereocenters. The van der Waals surface area contributed by atoms with Crippen LogP contribution in [0.1, 0.15) is 26.2 Å². The zero-order chi connectivity index (χ0) is 9.64. The van der Waals surface area contributed by atoms with Gasteiger partial charge in [-0.2, -0.15) is 0 Å². The van der Waals surface area contributed by atoms with E-state index < -0.39 is 11.6 Å². The topological polar surface area (TPSA) is 43.4 Å². The van der Waals surface area contributed by atoms with E-state index in [2.05, 4.69) is 6.58 Å². The summed E-state index contributed by atoms with van der Waals surface area (Å²) in [6.45, 7) is 5.47. The van der Waals surface area contributed by atoms with Crippen LogP contribution in [-0.2, 0) is 14.3 Å². The highest BCUT2D eigenvalue weighted by atomic mass is 16.6. The van der Waals surface area contributed by atoms with Crippen LogP contribution in [0.5, 0.6) is 0 Å². The van der Waals surface area contributed by atoms with E-state index in [0.717, 1.165) is 6.42 Å². The Balaban J connectivity index is 2.29. The number of Topliss-reactive ketones (excluding diaryl/α,β-unsaturated/α-hetero) is 1. The number of ether oxygens (including phenoxy) is 1. The molecular formula is C10H12O3. The predicted molar refractivity (Wildman–Crippen MR) is 46.0 cm³/mol. The normalized spacial score (nSPS) is 38.8. The third-order valence-electron chi connectivity index (χ3n) is 2.95. The first-order valence-corrected chi connectivity index (χ1v) is 4.50. The van der Waals surface area contributed by atoms with Gasteiger partial charge in [-0.15, -0.1) is 0 Å². The van der Waals surface area contributed by atoms with Crippen molar-refractivity contribution in [2.75, 3.05) is 0 Å². The lowest BCUT2D eigenvalue weighted by Crippen LogP contribution is -2.34. The van der Waals surface area contributed by atoms with Gasteiger partial charge < -0.3 is 4.74 Å². The third-order valence-corrected chi connectivity index (χ3v) is 2.95. The minimum absolute atomic E-state index is 0.0266. The van der Waals surface area contributed by atoms with Gasteiger partial charge in [-0.1, -0.05) is 13.5 Å². The summed E-state index contributed by atoms with van der Waals surface area (Å²) in [6, 6.07) is 0. The molecule has 2 unspecified atom stereocenters. The van der Waals surface area contributed by atoms with Gasteiger partial charge in [0.25, 0.3) is 0 Å². The Morgan fingerprint density at radius 2 is 2.23 bits per heavy atom. The molecular weight excluding hydrogens is 168 g/mol. The average Bonchev–Trinajstić information content (AvgIpc) is 2.50. The molecule has 3 heteroatoms. The molecule has 3 nitrogen and oxygen atoms in total. The van der Waals surface area contributed by atoms with Crippen molar-refractivity contribution in [3.05, 3.63) is 12.2 Å². The summed E-state index contributed by atoms with van der Waals surface area (Å²) in [7, 11) is 0. The largest absolute Gasteiger partial charge is 0.447 e. The Labute approximate surface area is 76.8 Å². The van der Waals surface area contributed by atoms with Crippen molar-refractivity contribution in [2.24, 2.45) is 5.92 Å². The molecule has 1 aliphatic heterocycles. The Morgan fingerprint density at radius 3 is 2.62 bits per heavy atom. The van der Waals surface area contributed by atoms with Crippen molar-refractivity contribution in [2.45, 2.75) is 31.8 Å². The third kappa shape index (κ3) is 1.03. The van der Waals surface area contributed by atoms with Gasteiger partial charge in [0.05, 0.1) is 0 Å². The van der Waals surface area contributed by atoms with E-state index in [9.17, 15) is 9.59 Å². The summed E-state index contributed by atoms with van der Waals surface area (Å²) in [4.78, 5) is 22.8. The first kappa shape index (κ1) is 8.48. The number of carbonyl (C=O) groups is 2. The number of rotatable bonds is 0. The number of esters is 1. The fourth-order valence-electron chi connectivity index (χ4n) is 2.13. The summed E-state index contributed by atoms with van der Waals surface area (Å²) in [5, 5.41) is 0. The SMILES string of the molecule is C=C1CC2(CCC(C)C2=O)OC1=O. The summed E-state index contributed by atoms with van der Waals surface area (Å²) in [6.07, 6.45) is 1.88. The Morgan fingerprint density at radius 1 is 1.54 bits per heavy atom. The van der Waals surface area contributed by atoms with Crippen LogP contribution in [0.15, 0.2) is 12.2 Å². The van der Waals surface area contributed by atoms with Gasteiger partial charge in [0.2, 0.25) is 0 Å². The van der Waals surface area contributed by atoms with Crippen LogP contribution < -0.4 is 0 Å². The zero-order valence-corrected chi connectivity index (χ0v) is 7.63. The van der Waals surface area contributed by atoms with Gasteiger partial charge >= 0.3 is 5.97 Å². The molecule has 13 heavy (non-hydrogen) atoms. The molecule has 70 valence electrons. The van der Waals surface area contributed by atoms with Crippen LogP contribution in [0.3, 0.4) is 0 Å². The molecule has 1 saturated carbocycles. The van der Waals surface area contributed by atoms with E-state index in [4.69, 9.17) is 4.74 Å². The fourth-order valence-corrected chi connectivity index (χ4v) is 2.13. The quantitative estimate of drug-likeness (QED) is 0.416. The molecule has 0 aromatic carbocycles. The Hall–Kier alpha value is -1.12. The van der Waals surface area contributed by atoms with E-state index in [1.807, 2.05) is 6.92 Å². The molecule has 1 spiro atoms. The number of carbonyl (C=O) groups excluding carboxylic acids is 2. The second-order valence-electron chi connectivity index (χ2n) is 3.97. The van der Waals surface area contributed by atoms with Crippen molar-refractivity contribution in [1.82, 2.24) is 0 Å². The van der Waals surface area contributed by atoms with Crippen molar-refractivity contribution >= 4 is 11.8 Å². The maximum Gasteiger partial charge on any atom is 0.334 e. The molecule has 0 aromatic rings. The van der Waals surface area contributed by atoms with Gasteiger partial charge in [0, 0.05) is 17.9 Å². The average molecular weight is 180 g/mol. The van der Waals surface area contributed by atoms with Crippen LogP contribution in [-0.4, -0.2) is 17.4 Å². The second-order valence-corrected chi connectivity index (χ2v) is 3.97. The highest BCUT2D eigenvalue weighted by Gasteiger charge is 2.53. The van der Waals surface area contributed by atoms with Crippen molar-refractivity contribution in [1.29, 1.82) is 0 Å². The van der Waals surface area contributed by atoms with Crippen molar-refractivity contribution in [3.63, 3.8) is 0 Å². The summed E-state index contributed by atoms with van der Waals surface area (Å²) < 4.78 is 5.12. The first-order valence-electron chi connectivity index (χ1n) is 4.50. The zero-order valence-electron chi connectivity index (χ0n) is 7.63. The first-order chi connectivity index (χ1) is 6.05. The van der Waals surface area contributed by atoms with Gasteiger partial charge in [-0.3, -0.25) is 4.79 Å². The Bertz CT molecular complexity index is 287. The van der Waals surface area contributed by atoms with E-state index in [-0.39, 0.29) is 11.7 Å². The highest BCUT2D eigenvalue weighted by Crippen LogP contribution is 2.42. The standard InChI is InChI=1S/C10H12O3/c1-6-3-4-10(8(6)11)5-7(2)9(12)13-10/h6H,2-5H2,1H3. The lowest BCUT2D eigenvalue weighted by Gasteiger charge is -2.18. The number of hydrogen-bond acceptors (Lipinski definition) is 3. The van der Waals surface area contributed by atoms with Crippen LogP contribution in [0, 0.1) is 5.92 Å². The minimum Gasteiger partial charge on any atom is -0.447 e. The minimum atomic E-state index is -0.826. The molecule has 0 bridgehead atoms. The van der Waals surface area contributed by atoms with Crippen molar-refractivity contribution in [3.8, 4) is 0 Å². The smallest absolute Gasteiger partial charge is 0.334 e. The molecule has 2 aliphatic rings. The van der Waals surface area contributed by atoms with Gasteiger partial charge in [0.1, 0.15) is 0 Å². The molecule has 1 aliphatic carbocycles. The molecule has 1 saturated heterocycles. The van der Waals surface area contributed by atoms with Crippen LogP contribution in [0.2, 0.25) is 0 Å². The fraction of sp³-hybridized carbons (Fsp3) is 0.600. The van der Waals surface area contributed by atoms with E-state index in [1.165, 1.54) is 0 Å². The van der Waals surface area contributed by atoms with Crippen LogP contribution in [0.4, 0.5) is 0 Å². The van der Waals surface area contributed by atoms with Gasteiger partial charge in [-0.05, 0) is 12.8 Å². The van der Waals surface area contributed by atoms with Gasteiger partial charge in [0.15, 0.2) is 11.4 Å². The maximum absolute atomic E-state index is 11.7. The second kappa shape index (κ2) is 2.44. The molecule has 2 rings (SSSR count). The molecule has 0 N–H and O–H groups in total. The molecule has 1 heterocycles. The lowest BCUT2D eigenvalue weighted by molar-refractivity contribution is -0.154. The highest BCUT2D eigenvalue weighted by molar-refractivity contribution is 6.01. The summed E-state index contributed by atoms with van der Waals surface area (Å²) in [5.74, 6) is -0.305. The lowest BCUT2D eigenvalue weighted by atomic mass is 9.94. The molecule has 2 fully saturated rings. The molecule has 0 radical (unpaired) electrons. The summed E-state index contributed by atoms with van der Waals surface area (Å²) >= 11 is 0. The Kier molecular flexibility index (Phi) is 1.59. The van der Waals surface area contributed by atoms with Crippen LogP contribution >= 0.6 is 0 Å². The number of hydrogen-bond donors (Lipinski definition) is 0. The van der Waals surface area contributed by atoms with E-state index in [0.29, 0.717) is 18.4 Å². The monoisotopic (exact) mass is 180 g/mol. The van der Waals surface area contributed by atoms with Crippen LogP contribution in [0.25, 0.3) is 0 Å². The van der Waals surface area contributed by atoms with Gasteiger partial charge in [-0.25, -0.2) is 4.79 Å². The predicted octanol–water partition coefficient (Wildman–Crippen LogP) is 1.23. The van der Waals surface area contributed by atoms with E-state index in [1.54, 1.807) is 0 Å². The maximum atomic E-state index is 11.7. The number of ketones is 1.